The summed E-state index contributed by atoms with van der Waals surface area (Å²) in [5.41, 5.74) is 2.42. The zero-order chi connectivity index (χ0) is 20.9. The fraction of sp³-hybridized carbons (Fsp3) is 0.286. The Morgan fingerprint density at radius 1 is 1.10 bits per heavy atom. The smallest absolute Gasteiger partial charge is 0.234 e. The van der Waals surface area contributed by atoms with Crippen LogP contribution in [0.25, 0.3) is 0 Å². The SMILES string of the molecule is Nn1c(Cc2ccccc2F)nnc1SCC(=O)Nc1ccc(N2CCCC2)cc1. The molecule has 9 heteroatoms. The molecule has 3 aromatic rings. The van der Waals surface area contributed by atoms with Crippen LogP contribution in [0.4, 0.5) is 15.8 Å². The minimum Gasteiger partial charge on any atom is -0.372 e. The molecular weight excluding hydrogens is 403 g/mol. The van der Waals surface area contributed by atoms with Crippen LogP contribution in [0.5, 0.6) is 0 Å². The van der Waals surface area contributed by atoms with Crippen molar-refractivity contribution in [1.29, 1.82) is 0 Å². The van der Waals surface area contributed by atoms with Gasteiger partial charge in [-0.3, -0.25) is 4.79 Å². The third-order valence-corrected chi connectivity index (χ3v) is 5.94. The third kappa shape index (κ3) is 4.73. The van der Waals surface area contributed by atoms with Crippen LogP contribution in [-0.4, -0.2) is 39.6 Å². The van der Waals surface area contributed by atoms with Gasteiger partial charge in [0.2, 0.25) is 11.1 Å². The first kappa shape index (κ1) is 20.2. The second-order valence-electron chi connectivity index (χ2n) is 7.11. The summed E-state index contributed by atoms with van der Waals surface area (Å²) in [6, 6.07) is 14.3. The average molecular weight is 427 g/mol. The van der Waals surface area contributed by atoms with E-state index < -0.39 is 0 Å². The molecule has 1 saturated heterocycles. The van der Waals surface area contributed by atoms with Crippen molar-refractivity contribution in [2.45, 2.75) is 24.4 Å². The standard InChI is InChI=1S/C21H23FN6OS/c22-18-6-2-1-5-15(18)13-19-25-26-21(28(19)23)30-14-20(29)24-16-7-9-17(10-8-16)27-11-3-4-12-27/h1-2,5-10H,3-4,11-14,23H2,(H,24,29). The maximum Gasteiger partial charge on any atom is 0.234 e. The molecule has 1 aromatic heterocycles. The van der Waals surface area contributed by atoms with E-state index in [4.69, 9.17) is 5.84 Å². The van der Waals surface area contributed by atoms with E-state index in [0.717, 1.165) is 18.8 Å². The van der Waals surface area contributed by atoms with E-state index >= 15 is 0 Å². The lowest BCUT2D eigenvalue weighted by Crippen LogP contribution is -2.18. The summed E-state index contributed by atoms with van der Waals surface area (Å²) in [5.74, 6) is 6.13. The summed E-state index contributed by atoms with van der Waals surface area (Å²) >= 11 is 1.18. The number of carbonyl (C=O) groups is 1. The Bertz CT molecular complexity index is 1020. The first-order valence-electron chi connectivity index (χ1n) is 9.80. The van der Waals surface area contributed by atoms with E-state index in [1.807, 2.05) is 24.3 Å². The number of nitrogen functional groups attached to an aromatic ring is 1. The summed E-state index contributed by atoms with van der Waals surface area (Å²) in [4.78, 5) is 14.6. The zero-order valence-corrected chi connectivity index (χ0v) is 17.2. The van der Waals surface area contributed by atoms with E-state index in [2.05, 4.69) is 20.4 Å². The van der Waals surface area contributed by atoms with Crippen LogP contribution in [0.15, 0.2) is 53.7 Å². The Balaban J connectivity index is 1.31. The molecule has 2 heterocycles. The molecule has 156 valence electrons. The van der Waals surface area contributed by atoms with Gasteiger partial charge in [0.15, 0.2) is 5.82 Å². The Labute approximate surface area is 178 Å². The van der Waals surface area contributed by atoms with Crippen LogP contribution in [0.1, 0.15) is 24.2 Å². The highest BCUT2D eigenvalue weighted by Gasteiger charge is 2.15. The number of thioether (sulfide) groups is 1. The van der Waals surface area contributed by atoms with Gasteiger partial charge in [-0.2, -0.15) is 0 Å². The largest absolute Gasteiger partial charge is 0.372 e. The molecule has 0 unspecified atom stereocenters. The van der Waals surface area contributed by atoms with Crippen LogP contribution < -0.4 is 16.1 Å². The van der Waals surface area contributed by atoms with Crippen LogP contribution in [0, 0.1) is 5.82 Å². The number of amides is 1. The molecular formula is C21H23FN6OS. The summed E-state index contributed by atoms with van der Waals surface area (Å²) in [7, 11) is 0. The van der Waals surface area contributed by atoms with Crippen molar-refractivity contribution in [3.05, 3.63) is 65.7 Å². The van der Waals surface area contributed by atoms with Gasteiger partial charge in [0.1, 0.15) is 5.82 Å². The quantitative estimate of drug-likeness (QED) is 0.446. The van der Waals surface area contributed by atoms with Gasteiger partial charge in [-0.05, 0) is 48.7 Å². The molecule has 2 aromatic carbocycles. The van der Waals surface area contributed by atoms with Crippen molar-refractivity contribution in [2.75, 3.05) is 34.9 Å². The van der Waals surface area contributed by atoms with Gasteiger partial charge in [0.05, 0.1) is 5.75 Å². The number of aromatic nitrogens is 3. The second kappa shape index (κ2) is 9.17. The van der Waals surface area contributed by atoms with Gasteiger partial charge < -0.3 is 16.1 Å². The molecule has 4 rings (SSSR count). The summed E-state index contributed by atoms with van der Waals surface area (Å²) < 4.78 is 15.1. The van der Waals surface area contributed by atoms with E-state index in [1.165, 1.54) is 41.0 Å². The molecule has 1 aliphatic rings. The number of halogens is 1. The topological polar surface area (TPSA) is 89.1 Å². The summed E-state index contributed by atoms with van der Waals surface area (Å²) in [6.45, 7) is 2.17. The van der Waals surface area contributed by atoms with Crippen molar-refractivity contribution >= 4 is 29.0 Å². The Morgan fingerprint density at radius 2 is 1.83 bits per heavy atom. The van der Waals surface area contributed by atoms with E-state index in [-0.39, 0.29) is 23.9 Å². The Hall–Kier alpha value is -3.07. The Morgan fingerprint density at radius 3 is 2.57 bits per heavy atom. The van der Waals surface area contributed by atoms with E-state index in [1.54, 1.807) is 18.2 Å². The molecule has 3 N–H and O–H groups in total. The van der Waals surface area contributed by atoms with Gasteiger partial charge in [-0.15, -0.1) is 10.2 Å². The number of hydrogen-bond donors (Lipinski definition) is 2. The van der Waals surface area contributed by atoms with Crippen molar-refractivity contribution in [2.24, 2.45) is 0 Å². The number of hydrogen-bond acceptors (Lipinski definition) is 6. The average Bonchev–Trinajstić information content (AvgIpc) is 3.40. The zero-order valence-electron chi connectivity index (χ0n) is 16.4. The molecule has 0 atom stereocenters. The van der Waals surface area contributed by atoms with Gasteiger partial charge in [-0.1, -0.05) is 30.0 Å². The number of nitrogens with zero attached hydrogens (tertiary/aromatic N) is 4. The van der Waals surface area contributed by atoms with Gasteiger partial charge >= 0.3 is 0 Å². The molecule has 1 amide bonds. The predicted molar refractivity (Wildman–Crippen MR) is 117 cm³/mol. The highest BCUT2D eigenvalue weighted by atomic mass is 32.2. The third-order valence-electron chi connectivity index (χ3n) is 5.00. The lowest BCUT2D eigenvalue weighted by molar-refractivity contribution is -0.113. The van der Waals surface area contributed by atoms with Crippen molar-refractivity contribution < 1.29 is 9.18 Å². The molecule has 0 bridgehead atoms. The molecule has 0 saturated carbocycles. The van der Waals surface area contributed by atoms with Gasteiger partial charge in [-0.25, -0.2) is 9.07 Å². The molecule has 0 radical (unpaired) electrons. The second-order valence-corrected chi connectivity index (χ2v) is 8.06. The fourth-order valence-corrected chi connectivity index (χ4v) is 4.07. The summed E-state index contributed by atoms with van der Waals surface area (Å²) in [6.07, 6.45) is 2.68. The minimum atomic E-state index is -0.315. The Kier molecular flexibility index (Phi) is 6.18. The number of rotatable bonds is 7. The molecule has 0 aliphatic carbocycles. The van der Waals surface area contributed by atoms with Gasteiger partial charge in [0, 0.05) is 30.9 Å². The van der Waals surface area contributed by atoms with Crippen LogP contribution in [0.3, 0.4) is 0 Å². The molecule has 0 spiro atoms. The van der Waals surface area contributed by atoms with Gasteiger partial charge in [0.25, 0.3) is 0 Å². The number of anilines is 2. The van der Waals surface area contributed by atoms with Crippen molar-refractivity contribution in [1.82, 2.24) is 14.9 Å². The highest BCUT2D eigenvalue weighted by molar-refractivity contribution is 7.99. The van der Waals surface area contributed by atoms with Crippen LogP contribution in [0.2, 0.25) is 0 Å². The van der Waals surface area contributed by atoms with Crippen LogP contribution in [-0.2, 0) is 11.2 Å². The molecule has 30 heavy (non-hydrogen) atoms. The van der Waals surface area contributed by atoms with Crippen molar-refractivity contribution in [3.8, 4) is 0 Å². The maximum atomic E-state index is 13.8. The monoisotopic (exact) mass is 426 g/mol. The number of carbonyl (C=O) groups excluding carboxylic acids is 1. The normalized spacial score (nSPS) is 13.6. The number of benzene rings is 2. The molecule has 1 aliphatic heterocycles. The lowest BCUT2D eigenvalue weighted by Gasteiger charge is -2.17. The van der Waals surface area contributed by atoms with E-state index in [9.17, 15) is 9.18 Å². The highest BCUT2D eigenvalue weighted by Crippen LogP contribution is 2.23. The lowest BCUT2D eigenvalue weighted by atomic mass is 10.1. The molecule has 1 fully saturated rings. The first-order chi connectivity index (χ1) is 14.6. The van der Waals surface area contributed by atoms with E-state index in [0.29, 0.717) is 16.5 Å². The minimum absolute atomic E-state index is 0.142. The number of nitrogens with two attached hydrogens (primary N) is 1. The van der Waals surface area contributed by atoms with Crippen molar-refractivity contribution in [3.63, 3.8) is 0 Å². The fourth-order valence-electron chi connectivity index (χ4n) is 3.40. The summed E-state index contributed by atoms with van der Waals surface area (Å²) in [5, 5.41) is 11.3. The predicted octanol–water partition coefficient (Wildman–Crippen LogP) is 3.05. The number of nitrogens with one attached hydrogen (secondary N) is 1. The maximum absolute atomic E-state index is 13.8. The van der Waals surface area contributed by atoms with Crippen LogP contribution >= 0.6 is 11.8 Å². The first-order valence-corrected chi connectivity index (χ1v) is 10.8. The molecule has 7 nitrogen and oxygen atoms in total.